The molecule has 0 saturated carbocycles. The Morgan fingerprint density at radius 2 is 1.71 bits per heavy atom. The maximum Gasteiger partial charge on any atom is 0.236 e. The fourth-order valence-electron chi connectivity index (χ4n) is 2.86. The molecule has 0 aliphatic carbocycles. The molecule has 152 valence electrons. The van der Waals surface area contributed by atoms with Crippen molar-refractivity contribution in [3.8, 4) is 23.0 Å². The smallest absolute Gasteiger partial charge is 0.236 e. The van der Waals surface area contributed by atoms with Crippen LogP contribution in [0.25, 0.3) is 6.08 Å². The molecule has 2 atom stereocenters. The molecular weight excluding hydrogens is 364 g/mol. The third-order valence-electron chi connectivity index (χ3n) is 4.15. The third kappa shape index (κ3) is 4.95. The number of hydrogen-bond acceptors (Lipinski definition) is 7. The van der Waals surface area contributed by atoms with Gasteiger partial charge in [-0.3, -0.25) is 0 Å². The first kappa shape index (κ1) is 21.6. The molecule has 0 heterocycles. The number of phenols is 1. The van der Waals surface area contributed by atoms with E-state index in [1.165, 1.54) is 34.3 Å². The van der Waals surface area contributed by atoms with Gasteiger partial charge in [0, 0.05) is 14.0 Å². The highest BCUT2D eigenvalue weighted by Crippen LogP contribution is 2.38. The van der Waals surface area contributed by atoms with Gasteiger partial charge >= 0.3 is 0 Å². The van der Waals surface area contributed by atoms with Crippen LogP contribution in [0.4, 0.5) is 0 Å². The molecule has 2 aromatic carbocycles. The van der Waals surface area contributed by atoms with Crippen molar-refractivity contribution in [3.05, 3.63) is 53.6 Å². The minimum atomic E-state index is -1.76. The highest BCUT2D eigenvalue weighted by molar-refractivity contribution is 5.56. The number of phenolic OH excluding ortho intramolecular Hbond substituents is 1. The molecule has 0 spiro atoms. The monoisotopic (exact) mass is 390 g/mol. The summed E-state index contributed by atoms with van der Waals surface area (Å²) in [5.41, 5.74) is 1.37. The van der Waals surface area contributed by atoms with Crippen LogP contribution in [-0.4, -0.2) is 49.0 Å². The Labute approximate surface area is 164 Å². The topological polar surface area (TPSA) is 97.6 Å². The maximum atomic E-state index is 11.0. The predicted octanol–water partition coefficient (Wildman–Crippen LogP) is 2.89. The molecule has 0 aliphatic heterocycles. The van der Waals surface area contributed by atoms with Crippen molar-refractivity contribution < 1.29 is 34.3 Å². The largest absolute Gasteiger partial charge is 0.504 e. The minimum Gasteiger partial charge on any atom is -0.504 e. The summed E-state index contributed by atoms with van der Waals surface area (Å²) in [6, 6.07) is 9.80. The third-order valence-corrected chi connectivity index (χ3v) is 4.15. The van der Waals surface area contributed by atoms with Crippen LogP contribution < -0.4 is 14.2 Å². The molecule has 28 heavy (non-hydrogen) atoms. The number of aromatic hydroxyl groups is 1. The molecule has 0 aliphatic rings. The number of aliphatic hydroxyl groups excluding tert-OH is 1. The second-order valence-electron chi connectivity index (χ2n) is 6.20. The van der Waals surface area contributed by atoms with Crippen molar-refractivity contribution in [1.82, 2.24) is 0 Å². The average Bonchev–Trinajstić information content (AvgIpc) is 2.68. The van der Waals surface area contributed by atoms with Gasteiger partial charge in [-0.05, 0) is 35.4 Å². The summed E-state index contributed by atoms with van der Waals surface area (Å²) in [5.74, 6) is -0.783. The first-order valence-electron chi connectivity index (χ1n) is 8.62. The average molecular weight is 390 g/mol. The summed E-state index contributed by atoms with van der Waals surface area (Å²) in [7, 11) is 4.38. The lowest BCUT2D eigenvalue weighted by Gasteiger charge is -2.33. The van der Waals surface area contributed by atoms with Crippen LogP contribution >= 0.6 is 0 Å². The van der Waals surface area contributed by atoms with Gasteiger partial charge in [0.15, 0.2) is 23.0 Å². The summed E-state index contributed by atoms with van der Waals surface area (Å²) in [4.78, 5) is 0. The summed E-state index contributed by atoms with van der Waals surface area (Å²) in [6.45, 7) is 1.40. The van der Waals surface area contributed by atoms with Crippen LogP contribution in [0, 0.1) is 0 Å². The standard InChI is InChI=1S/C21H26O7/c1-21(24,20(27-4)15-8-9-16(23)18(13-15)25-2)28-17-10-7-14(6-5-11-22)12-19(17)26-3/h5-10,12-13,20,22-24H,11H2,1-4H3/b6-5+. The highest BCUT2D eigenvalue weighted by Gasteiger charge is 2.37. The lowest BCUT2D eigenvalue weighted by atomic mass is 10.0. The van der Waals surface area contributed by atoms with Crippen molar-refractivity contribution in [2.24, 2.45) is 0 Å². The molecule has 0 radical (unpaired) electrons. The van der Waals surface area contributed by atoms with Gasteiger partial charge in [-0.15, -0.1) is 0 Å². The molecule has 0 amide bonds. The predicted molar refractivity (Wildman–Crippen MR) is 105 cm³/mol. The van der Waals surface area contributed by atoms with Gasteiger partial charge < -0.3 is 34.3 Å². The van der Waals surface area contributed by atoms with E-state index in [1.807, 2.05) is 0 Å². The van der Waals surface area contributed by atoms with E-state index in [4.69, 9.17) is 24.1 Å². The van der Waals surface area contributed by atoms with Gasteiger partial charge in [-0.2, -0.15) is 0 Å². The van der Waals surface area contributed by atoms with E-state index in [1.54, 1.807) is 42.5 Å². The van der Waals surface area contributed by atoms with Crippen LogP contribution in [0.15, 0.2) is 42.5 Å². The van der Waals surface area contributed by atoms with Gasteiger partial charge in [-0.1, -0.05) is 24.3 Å². The molecule has 7 nitrogen and oxygen atoms in total. The Bertz CT molecular complexity index is 814. The maximum absolute atomic E-state index is 11.0. The molecule has 2 rings (SSSR count). The summed E-state index contributed by atoms with van der Waals surface area (Å²) in [5, 5.41) is 29.7. The van der Waals surface area contributed by atoms with E-state index in [0.29, 0.717) is 17.1 Å². The van der Waals surface area contributed by atoms with Crippen LogP contribution in [0.2, 0.25) is 0 Å². The Morgan fingerprint density at radius 3 is 2.32 bits per heavy atom. The van der Waals surface area contributed by atoms with Crippen LogP contribution in [0.5, 0.6) is 23.0 Å². The van der Waals surface area contributed by atoms with Crippen molar-refractivity contribution in [1.29, 1.82) is 0 Å². The van der Waals surface area contributed by atoms with Crippen molar-refractivity contribution in [2.45, 2.75) is 18.8 Å². The molecule has 3 N–H and O–H groups in total. The molecule has 2 aromatic rings. The van der Waals surface area contributed by atoms with Gasteiger partial charge in [0.1, 0.15) is 6.10 Å². The Balaban J connectivity index is 2.33. The van der Waals surface area contributed by atoms with Gasteiger partial charge in [-0.25, -0.2) is 0 Å². The first-order valence-corrected chi connectivity index (χ1v) is 8.62. The fraction of sp³-hybridized carbons (Fsp3) is 0.333. The zero-order valence-corrected chi connectivity index (χ0v) is 16.4. The molecular formula is C21H26O7. The number of aliphatic hydroxyl groups is 2. The van der Waals surface area contributed by atoms with Crippen LogP contribution in [-0.2, 0) is 4.74 Å². The normalized spacial score (nSPS) is 14.5. The van der Waals surface area contributed by atoms with Crippen LogP contribution in [0.3, 0.4) is 0 Å². The van der Waals surface area contributed by atoms with E-state index in [0.717, 1.165) is 5.56 Å². The number of methoxy groups -OCH3 is 3. The summed E-state index contributed by atoms with van der Waals surface area (Å²) >= 11 is 0. The number of ether oxygens (including phenoxy) is 4. The van der Waals surface area contributed by atoms with Gasteiger partial charge in [0.05, 0.1) is 20.8 Å². The van der Waals surface area contributed by atoms with Crippen LogP contribution in [0.1, 0.15) is 24.2 Å². The number of rotatable bonds is 9. The Morgan fingerprint density at radius 1 is 1.00 bits per heavy atom. The SMILES string of the molecule is COc1cc(C(OC)C(C)(O)Oc2ccc(/C=C/CO)cc2OC)ccc1O. The lowest BCUT2D eigenvalue weighted by molar-refractivity contribution is -0.204. The number of benzene rings is 2. The number of hydrogen-bond donors (Lipinski definition) is 3. The molecule has 0 aromatic heterocycles. The fourth-order valence-corrected chi connectivity index (χ4v) is 2.86. The van der Waals surface area contributed by atoms with E-state index < -0.39 is 11.9 Å². The highest BCUT2D eigenvalue weighted by atomic mass is 16.7. The Hall–Kier alpha value is -2.74. The second kappa shape index (κ2) is 9.45. The zero-order valence-electron chi connectivity index (χ0n) is 16.4. The van der Waals surface area contributed by atoms with Crippen molar-refractivity contribution in [3.63, 3.8) is 0 Å². The molecule has 0 bridgehead atoms. The van der Waals surface area contributed by atoms with Gasteiger partial charge in [0.25, 0.3) is 0 Å². The van der Waals surface area contributed by atoms with Gasteiger partial charge in [0.2, 0.25) is 5.79 Å². The molecule has 0 fully saturated rings. The molecule has 7 heteroatoms. The lowest BCUT2D eigenvalue weighted by Crippen LogP contribution is -2.40. The van der Waals surface area contributed by atoms with E-state index in [9.17, 15) is 10.2 Å². The van der Waals surface area contributed by atoms with E-state index in [-0.39, 0.29) is 18.1 Å². The van der Waals surface area contributed by atoms with Crippen molar-refractivity contribution >= 4 is 6.08 Å². The zero-order chi connectivity index (χ0) is 20.7. The van der Waals surface area contributed by atoms with E-state index in [2.05, 4.69) is 0 Å². The molecule has 2 unspecified atom stereocenters. The summed E-state index contributed by atoms with van der Waals surface area (Å²) < 4.78 is 21.8. The quantitative estimate of drug-likeness (QED) is 0.567. The van der Waals surface area contributed by atoms with E-state index >= 15 is 0 Å². The minimum absolute atomic E-state index is 0.0187. The Kier molecular flexibility index (Phi) is 7.28. The molecule has 0 saturated heterocycles. The van der Waals surface area contributed by atoms with Crippen molar-refractivity contribution in [2.75, 3.05) is 27.9 Å². The first-order chi connectivity index (χ1) is 13.4. The summed E-state index contributed by atoms with van der Waals surface area (Å²) in [6.07, 6.45) is 2.47. The second-order valence-corrected chi connectivity index (χ2v) is 6.20.